The maximum absolute atomic E-state index is 13.4. The van der Waals surface area contributed by atoms with Crippen LogP contribution in [0.25, 0.3) is 16.8 Å². The van der Waals surface area contributed by atoms with Crippen LogP contribution in [0.2, 0.25) is 51.4 Å². The Hall–Kier alpha value is -3.14. The Morgan fingerprint density at radius 2 is 1.52 bits per heavy atom. The maximum Gasteiger partial charge on any atom is 0.410 e. The van der Waals surface area contributed by atoms with Gasteiger partial charge in [0.15, 0.2) is 11.9 Å². The van der Waals surface area contributed by atoms with Crippen LogP contribution in [0.1, 0.15) is 92.9 Å². The van der Waals surface area contributed by atoms with Gasteiger partial charge >= 0.3 is 6.09 Å². The number of aromatic nitrogens is 4. The molecular formula is C39H60N6O5Si2. The number of aldehydes is 1. The second-order valence-electron chi connectivity index (χ2n) is 18.6. The molecule has 0 spiro atoms. The van der Waals surface area contributed by atoms with Gasteiger partial charge in [-0.25, -0.2) is 9.78 Å². The molecule has 1 amide bonds. The van der Waals surface area contributed by atoms with Crippen molar-refractivity contribution in [2.45, 2.75) is 140 Å². The molecule has 1 saturated carbocycles. The van der Waals surface area contributed by atoms with Gasteiger partial charge in [0, 0.05) is 70.3 Å². The molecule has 2 bridgehead atoms. The predicted octanol–water partition coefficient (Wildman–Crippen LogP) is 8.56. The fourth-order valence-electron chi connectivity index (χ4n) is 7.50. The van der Waals surface area contributed by atoms with E-state index in [1.807, 2.05) is 42.4 Å². The van der Waals surface area contributed by atoms with E-state index >= 15 is 0 Å². The Bertz CT molecular complexity index is 1690. The zero-order valence-electron chi connectivity index (χ0n) is 32.9. The fraction of sp³-hybridized carbons (Fsp3) is 0.667. The number of amides is 1. The Kier molecular flexibility index (Phi) is 11.4. The Morgan fingerprint density at radius 1 is 0.904 bits per heavy atom. The summed E-state index contributed by atoms with van der Waals surface area (Å²) >= 11 is 0. The number of carbonyl (C=O) groups excluding carboxylic acids is 2. The van der Waals surface area contributed by atoms with Crippen molar-refractivity contribution in [3.05, 3.63) is 41.5 Å². The summed E-state index contributed by atoms with van der Waals surface area (Å²) < 4.78 is 20.8. The summed E-state index contributed by atoms with van der Waals surface area (Å²) in [6, 6.07) is 6.04. The van der Waals surface area contributed by atoms with Gasteiger partial charge in [0.1, 0.15) is 30.6 Å². The molecule has 13 heteroatoms. The Morgan fingerprint density at radius 3 is 2.02 bits per heavy atom. The average Bonchev–Trinajstić information content (AvgIpc) is 3.75. The van der Waals surface area contributed by atoms with Gasteiger partial charge in [-0.2, -0.15) is 9.61 Å². The van der Waals surface area contributed by atoms with Gasteiger partial charge in [-0.1, -0.05) is 45.3 Å². The first-order chi connectivity index (χ1) is 24.5. The topological polar surface area (TPSA) is 111 Å². The lowest BCUT2D eigenvalue weighted by atomic mass is 9.85. The van der Waals surface area contributed by atoms with Crippen LogP contribution in [-0.2, 0) is 14.2 Å². The van der Waals surface area contributed by atoms with Crippen LogP contribution in [-0.4, -0.2) is 97.4 Å². The molecule has 3 atom stereocenters. The molecule has 0 radical (unpaired) electrons. The second-order valence-corrected chi connectivity index (χ2v) is 29.8. The maximum atomic E-state index is 13.4. The molecule has 2 saturated heterocycles. The highest BCUT2D eigenvalue weighted by molar-refractivity contribution is 6.76. The smallest absolute Gasteiger partial charge is 0.410 e. The molecule has 6 rings (SSSR count). The minimum atomic E-state index is -1.29. The molecule has 284 valence electrons. The van der Waals surface area contributed by atoms with Crippen molar-refractivity contribution in [1.82, 2.24) is 24.5 Å². The number of nitrogens with zero attached hydrogens (tertiary/aromatic N) is 6. The van der Waals surface area contributed by atoms with E-state index in [1.165, 1.54) is 5.56 Å². The first-order valence-corrected chi connectivity index (χ1v) is 26.7. The van der Waals surface area contributed by atoms with E-state index in [2.05, 4.69) is 49.2 Å². The SMILES string of the molecule is CC(C)(C)OC(=O)N1[C@@H]2CC[C@H]1CC(c1nc3c(-c4ccc(C=O)nc4)cnn3c(N(COCC[Si](C)(C)C)COCC[Si](C)(C)C)c1C1CC1)C2. The van der Waals surface area contributed by atoms with Crippen molar-refractivity contribution in [2.24, 2.45) is 0 Å². The van der Waals surface area contributed by atoms with Gasteiger partial charge in [0.2, 0.25) is 0 Å². The van der Waals surface area contributed by atoms with E-state index in [1.54, 1.807) is 12.3 Å². The Balaban J connectivity index is 1.43. The van der Waals surface area contributed by atoms with Crippen LogP contribution in [0.15, 0.2) is 24.5 Å². The van der Waals surface area contributed by atoms with Crippen LogP contribution in [0.3, 0.4) is 0 Å². The first kappa shape index (κ1) is 38.6. The molecule has 0 N–H and O–H groups in total. The van der Waals surface area contributed by atoms with E-state index in [0.29, 0.717) is 38.3 Å². The lowest BCUT2D eigenvalue weighted by molar-refractivity contribution is 0.00565. The van der Waals surface area contributed by atoms with Crippen LogP contribution in [0.4, 0.5) is 10.6 Å². The molecule has 3 aliphatic rings. The van der Waals surface area contributed by atoms with Gasteiger partial charge in [0.05, 0.1) is 11.9 Å². The molecule has 1 unspecified atom stereocenters. The fourth-order valence-corrected chi connectivity index (χ4v) is 9.02. The van der Waals surface area contributed by atoms with Crippen molar-refractivity contribution in [3.63, 3.8) is 0 Å². The van der Waals surface area contributed by atoms with Crippen LogP contribution >= 0.6 is 0 Å². The Labute approximate surface area is 311 Å². The van der Waals surface area contributed by atoms with Gasteiger partial charge in [-0.15, -0.1) is 0 Å². The van der Waals surface area contributed by atoms with Crippen LogP contribution < -0.4 is 4.90 Å². The van der Waals surface area contributed by atoms with Crippen molar-refractivity contribution in [1.29, 1.82) is 0 Å². The molecule has 0 aromatic carbocycles. The third-order valence-electron chi connectivity index (χ3n) is 10.4. The minimum absolute atomic E-state index is 0.113. The first-order valence-electron chi connectivity index (χ1n) is 19.3. The van der Waals surface area contributed by atoms with Gasteiger partial charge in [-0.05, 0) is 83.4 Å². The zero-order valence-corrected chi connectivity index (χ0v) is 34.9. The highest BCUT2D eigenvalue weighted by Crippen LogP contribution is 2.52. The summed E-state index contributed by atoms with van der Waals surface area (Å²) in [5.74, 6) is 1.54. The van der Waals surface area contributed by atoms with E-state index in [9.17, 15) is 9.59 Å². The summed E-state index contributed by atoms with van der Waals surface area (Å²) in [4.78, 5) is 39.0. The number of anilines is 1. The van der Waals surface area contributed by atoms with Gasteiger partial charge < -0.3 is 24.0 Å². The number of piperidine rings is 1. The largest absolute Gasteiger partial charge is 0.444 e. The number of carbonyl (C=O) groups is 2. The molecular weight excluding hydrogens is 689 g/mol. The van der Waals surface area contributed by atoms with Crippen LogP contribution in [0.5, 0.6) is 0 Å². The van der Waals surface area contributed by atoms with Crippen LogP contribution in [0, 0.1) is 0 Å². The number of hydrogen-bond acceptors (Lipinski definition) is 9. The van der Waals surface area contributed by atoms with Gasteiger partial charge in [0.25, 0.3) is 0 Å². The minimum Gasteiger partial charge on any atom is -0.444 e. The van der Waals surface area contributed by atoms with Gasteiger partial charge in [-0.3, -0.25) is 9.78 Å². The molecule has 2 aliphatic heterocycles. The third kappa shape index (κ3) is 9.32. The summed E-state index contributed by atoms with van der Waals surface area (Å²) in [5.41, 5.74) is 4.68. The summed E-state index contributed by atoms with van der Waals surface area (Å²) in [6.45, 7) is 22.2. The standard InChI is InChI=1S/C39H60N6O5Si2/c1-39(2,3)50-38(47)44-31-14-15-32(44)21-29(20-31)35-34(27-10-11-27)37(43(25-48-16-18-51(4,5)6)26-49-17-19-52(7,8)9)45-36(42-35)33(23-41-45)28-12-13-30(24-46)40-22-28/h12-13,22-24,27,29,31-32H,10-11,14-21,25-26H2,1-9H3/t29?,31-,32+. The summed E-state index contributed by atoms with van der Waals surface area (Å²) in [5, 5.41) is 5.01. The monoisotopic (exact) mass is 748 g/mol. The number of ether oxygens (including phenoxy) is 3. The summed E-state index contributed by atoms with van der Waals surface area (Å²) in [7, 11) is -2.59. The quantitative estimate of drug-likeness (QED) is 0.0653. The molecule has 52 heavy (non-hydrogen) atoms. The van der Waals surface area contributed by atoms with E-state index in [4.69, 9.17) is 24.3 Å². The zero-order chi connectivity index (χ0) is 37.4. The van der Waals surface area contributed by atoms with E-state index in [-0.39, 0.29) is 24.1 Å². The molecule has 5 heterocycles. The van der Waals surface area contributed by atoms with Crippen molar-refractivity contribution in [2.75, 3.05) is 31.6 Å². The molecule has 3 aromatic rings. The highest BCUT2D eigenvalue weighted by Gasteiger charge is 2.47. The number of fused-ring (bicyclic) bond motifs is 3. The lowest BCUT2D eigenvalue weighted by Crippen LogP contribution is -2.48. The number of rotatable bonds is 15. The molecule has 3 fully saturated rings. The number of pyridine rings is 1. The molecule has 11 nitrogen and oxygen atoms in total. The number of hydrogen-bond donors (Lipinski definition) is 0. The highest BCUT2D eigenvalue weighted by atomic mass is 28.3. The van der Waals surface area contributed by atoms with E-state index < -0.39 is 21.7 Å². The average molecular weight is 749 g/mol. The van der Waals surface area contributed by atoms with Crippen molar-refractivity contribution >= 4 is 40.0 Å². The normalized spacial score (nSPS) is 20.8. The predicted molar refractivity (Wildman–Crippen MR) is 211 cm³/mol. The second kappa shape index (κ2) is 15.3. The molecule has 1 aliphatic carbocycles. The van der Waals surface area contributed by atoms with Crippen molar-refractivity contribution in [3.8, 4) is 11.1 Å². The van der Waals surface area contributed by atoms with Crippen molar-refractivity contribution < 1.29 is 23.8 Å². The van der Waals surface area contributed by atoms with E-state index in [0.717, 1.165) is 85.2 Å². The summed E-state index contributed by atoms with van der Waals surface area (Å²) in [6.07, 6.45) is 9.99. The lowest BCUT2D eigenvalue weighted by Gasteiger charge is -2.40. The molecule has 3 aromatic heterocycles. The third-order valence-corrected chi connectivity index (χ3v) is 13.8.